The average molecular weight is 434 g/mol. The number of carbonyl (C=O) groups is 2. The number of methoxy groups -OCH3 is 1. The van der Waals surface area contributed by atoms with Crippen LogP contribution in [0.2, 0.25) is 0 Å². The molecule has 0 unspecified atom stereocenters. The number of amides is 2. The second-order valence-electron chi connectivity index (χ2n) is 8.49. The van der Waals surface area contributed by atoms with Gasteiger partial charge in [-0.3, -0.25) is 9.59 Å². The number of aromatic nitrogens is 2. The monoisotopic (exact) mass is 434 g/mol. The molecule has 1 aromatic carbocycles. The minimum atomic E-state index is -0.158. The van der Waals surface area contributed by atoms with Crippen molar-refractivity contribution in [2.75, 3.05) is 27.2 Å². The van der Waals surface area contributed by atoms with Gasteiger partial charge in [-0.2, -0.15) is 0 Å². The van der Waals surface area contributed by atoms with E-state index in [0.29, 0.717) is 47.0 Å². The van der Waals surface area contributed by atoms with Gasteiger partial charge in [0.05, 0.1) is 23.8 Å². The van der Waals surface area contributed by atoms with Crippen molar-refractivity contribution < 1.29 is 18.8 Å². The summed E-state index contributed by atoms with van der Waals surface area (Å²) in [6.07, 6.45) is 3.67. The van der Waals surface area contributed by atoms with Gasteiger partial charge < -0.3 is 19.5 Å². The van der Waals surface area contributed by atoms with Gasteiger partial charge in [-0.15, -0.1) is 0 Å². The minimum absolute atomic E-state index is 0.00541. The molecule has 3 heterocycles. The Kier molecular flexibility index (Phi) is 5.28. The van der Waals surface area contributed by atoms with Crippen molar-refractivity contribution in [1.82, 2.24) is 20.4 Å². The van der Waals surface area contributed by atoms with E-state index in [-0.39, 0.29) is 17.7 Å². The predicted molar refractivity (Wildman–Crippen MR) is 118 cm³/mol. The molecule has 2 aliphatic rings. The Labute approximate surface area is 185 Å². The second kappa shape index (κ2) is 8.26. The number of pyridine rings is 1. The molecule has 3 aromatic rings. The van der Waals surface area contributed by atoms with Crippen molar-refractivity contribution in [1.29, 1.82) is 0 Å². The van der Waals surface area contributed by atoms with Gasteiger partial charge in [-0.05, 0) is 49.9 Å². The molecule has 2 fully saturated rings. The molecule has 5 rings (SSSR count). The van der Waals surface area contributed by atoms with Gasteiger partial charge in [0, 0.05) is 43.2 Å². The van der Waals surface area contributed by atoms with E-state index in [2.05, 4.69) is 15.5 Å². The van der Waals surface area contributed by atoms with Gasteiger partial charge in [-0.1, -0.05) is 11.2 Å². The van der Waals surface area contributed by atoms with E-state index in [1.54, 1.807) is 26.3 Å². The van der Waals surface area contributed by atoms with Gasteiger partial charge in [0.2, 0.25) is 0 Å². The largest absolute Gasteiger partial charge is 0.497 e. The number of nitrogens with one attached hydrogen (secondary N) is 1. The smallest absolute Gasteiger partial charge is 0.259 e. The highest BCUT2D eigenvalue weighted by Gasteiger charge is 2.32. The van der Waals surface area contributed by atoms with Crippen LogP contribution in [-0.4, -0.2) is 54.1 Å². The van der Waals surface area contributed by atoms with E-state index in [1.807, 2.05) is 23.1 Å². The molecule has 8 heteroatoms. The van der Waals surface area contributed by atoms with Gasteiger partial charge in [0.25, 0.3) is 17.5 Å². The Morgan fingerprint density at radius 1 is 1.12 bits per heavy atom. The maximum atomic E-state index is 12.9. The van der Waals surface area contributed by atoms with Gasteiger partial charge in [-0.25, -0.2) is 4.98 Å². The number of nitrogens with zero attached hydrogens (tertiary/aromatic N) is 3. The maximum Gasteiger partial charge on any atom is 0.259 e. The number of rotatable bonds is 5. The fraction of sp³-hybridized carbons (Fsp3) is 0.417. The van der Waals surface area contributed by atoms with E-state index in [0.717, 1.165) is 37.1 Å². The lowest BCUT2D eigenvalue weighted by Gasteiger charge is -2.31. The summed E-state index contributed by atoms with van der Waals surface area (Å²) >= 11 is 0. The molecular formula is C24H26N4O4. The zero-order chi connectivity index (χ0) is 22.2. The van der Waals surface area contributed by atoms with Gasteiger partial charge in [0.15, 0.2) is 0 Å². The Hall–Kier alpha value is -3.42. The van der Waals surface area contributed by atoms with Crippen LogP contribution in [0.3, 0.4) is 0 Å². The number of ether oxygens (including phenoxy) is 1. The molecule has 8 nitrogen and oxygen atoms in total. The number of fused-ring (bicyclic) bond motifs is 1. The Morgan fingerprint density at radius 2 is 1.91 bits per heavy atom. The van der Waals surface area contributed by atoms with Crippen LogP contribution in [-0.2, 0) is 0 Å². The summed E-state index contributed by atoms with van der Waals surface area (Å²) in [6, 6.07) is 9.11. The van der Waals surface area contributed by atoms with Crippen molar-refractivity contribution >= 4 is 22.9 Å². The molecule has 1 saturated heterocycles. The first-order valence-corrected chi connectivity index (χ1v) is 11.0. The number of piperidine rings is 1. The Morgan fingerprint density at radius 3 is 2.59 bits per heavy atom. The maximum absolute atomic E-state index is 12.9. The topological polar surface area (TPSA) is 97.6 Å². The molecule has 0 spiro atoms. The molecule has 0 bridgehead atoms. The first-order valence-electron chi connectivity index (χ1n) is 11.0. The van der Waals surface area contributed by atoms with Crippen LogP contribution in [0.1, 0.15) is 69.6 Å². The van der Waals surface area contributed by atoms with Crippen LogP contribution < -0.4 is 10.1 Å². The molecule has 1 aliphatic heterocycles. The third kappa shape index (κ3) is 3.70. The van der Waals surface area contributed by atoms with Crippen LogP contribution in [0.25, 0.3) is 11.1 Å². The van der Waals surface area contributed by atoms with E-state index < -0.39 is 0 Å². The fourth-order valence-corrected chi connectivity index (χ4v) is 4.47. The van der Waals surface area contributed by atoms with Crippen LogP contribution in [0.4, 0.5) is 0 Å². The molecule has 2 amide bonds. The fourth-order valence-electron chi connectivity index (χ4n) is 4.47. The molecule has 2 aromatic heterocycles. The summed E-state index contributed by atoms with van der Waals surface area (Å²) in [5.41, 5.74) is 3.29. The number of likely N-dealkylation sites (tertiary alicyclic amines) is 1. The van der Waals surface area contributed by atoms with E-state index in [4.69, 9.17) is 9.26 Å². The van der Waals surface area contributed by atoms with Crippen molar-refractivity contribution in [3.63, 3.8) is 0 Å². The molecule has 0 radical (unpaired) electrons. The lowest BCUT2D eigenvalue weighted by atomic mass is 9.90. The predicted octanol–water partition coefficient (Wildman–Crippen LogP) is 3.49. The molecule has 166 valence electrons. The average Bonchev–Trinajstić information content (AvgIpc) is 3.61. The quantitative estimate of drug-likeness (QED) is 0.660. The number of benzene rings is 1. The van der Waals surface area contributed by atoms with Crippen LogP contribution in [0, 0.1) is 0 Å². The minimum Gasteiger partial charge on any atom is -0.497 e. The summed E-state index contributed by atoms with van der Waals surface area (Å²) < 4.78 is 10.8. The number of hydrogen-bond donors (Lipinski definition) is 1. The molecule has 1 aliphatic carbocycles. The first-order chi connectivity index (χ1) is 15.6. The van der Waals surface area contributed by atoms with Crippen molar-refractivity contribution in [3.05, 3.63) is 52.8 Å². The number of hydrogen-bond acceptors (Lipinski definition) is 6. The summed E-state index contributed by atoms with van der Waals surface area (Å²) in [5.74, 6) is 1.01. The Balaban J connectivity index is 1.38. The SMILES string of the molecule is CNC(=O)c1cc(C2CC2)nc2onc(C3CCN(C(=O)c4cccc(OC)c4)CC3)c12. The summed E-state index contributed by atoms with van der Waals surface area (Å²) in [5, 5.41) is 7.76. The van der Waals surface area contributed by atoms with Crippen molar-refractivity contribution in [3.8, 4) is 5.75 Å². The van der Waals surface area contributed by atoms with Crippen molar-refractivity contribution in [2.24, 2.45) is 0 Å². The van der Waals surface area contributed by atoms with Crippen LogP contribution >= 0.6 is 0 Å². The van der Waals surface area contributed by atoms with Crippen LogP contribution in [0.5, 0.6) is 5.75 Å². The van der Waals surface area contributed by atoms with E-state index in [1.165, 1.54) is 0 Å². The zero-order valence-corrected chi connectivity index (χ0v) is 18.3. The molecule has 1 saturated carbocycles. The highest BCUT2D eigenvalue weighted by atomic mass is 16.5. The van der Waals surface area contributed by atoms with Gasteiger partial charge in [0.1, 0.15) is 5.75 Å². The first kappa shape index (κ1) is 20.5. The third-order valence-corrected chi connectivity index (χ3v) is 6.45. The number of carbonyl (C=O) groups excluding carboxylic acids is 2. The van der Waals surface area contributed by atoms with Crippen molar-refractivity contribution in [2.45, 2.75) is 37.5 Å². The Bertz CT molecular complexity index is 1180. The lowest BCUT2D eigenvalue weighted by Crippen LogP contribution is -2.38. The highest BCUT2D eigenvalue weighted by molar-refractivity contribution is 6.06. The molecule has 1 N–H and O–H groups in total. The second-order valence-corrected chi connectivity index (χ2v) is 8.49. The standard InChI is InChI=1S/C24H26N4O4/c1-25-22(29)18-13-19(14-6-7-14)26-23-20(18)21(27-32-23)15-8-10-28(11-9-15)24(30)16-4-3-5-17(12-16)31-2/h3-5,12-15H,6-11H2,1-2H3,(H,25,29). The lowest BCUT2D eigenvalue weighted by molar-refractivity contribution is 0.0711. The molecular weight excluding hydrogens is 408 g/mol. The zero-order valence-electron chi connectivity index (χ0n) is 18.3. The van der Waals surface area contributed by atoms with Crippen LogP contribution in [0.15, 0.2) is 34.9 Å². The molecule has 0 atom stereocenters. The molecule has 32 heavy (non-hydrogen) atoms. The highest BCUT2D eigenvalue weighted by Crippen LogP contribution is 2.41. The normalized spacial score (nSPS) is 16.9. The summed E-state index contributed by atoms with van der Waals surface area (Å²) in [7, 11) is 3.22. The van der Waals surface area contributed by atoms with E-state index >= 15 is 0 Å². The third-order valence-electron chi connectivity index (χ3n) is 6.45. The van der Waals surface area contributed by atoms with Gasteiger partial charge >= 0.3 is 0 Å². The summed E-state index contributed by atoms with van der Waals surface area (Å²) in [6.45, 7) is 1.22. The van der Waals surface area contributed by atoms with E-state index in [9.17, 15) is 9.59 Å². The summed E-state index contributed by atoms with van der Waals surface area (Å²) in [4.78, 5) is 32.1.